The van der Waals surface area contributed by atoms with E-state index in [1.807, 2.05) is 48.5 Å². The van der Waals surface area contributed by atoms with Crippen LogP contribution in [0.15, 0.2) is 71.1 Å². The van der Waals surface area contributed by atoms with Crippen LogP contribution >= 0.6 is 0 Å². The lowest BCUT2D eigenvalue weighted by molar-refractivity contribution is -0.384. The summed E-state index contributed by atoms with van der Waals surface area (Å²) in [6, 6.07) is 20.3. The van der Waals surface area contributed by atoms with Crippen molar-refractivity contribution >= 4 is 16.8 Å². The van der Waals surface area contributed by atoms with Crippen molar-refractivity contribution in [2.24, 2.45) is 0 Å². The fraction of sp³-hybridized carbons (Fsp3) is 0.174. The topological polar surface area (TPSA) is 78.4 Å². The number of benzene rings is 3. The van der Waals surface area contributed by atoms with Gasteiger partial charge in [-0.05, 0) is 47.9 Å². The maximum Gasteiger partial charge on any atom is 0.271 e. The predicted octanol–water partition coefficient (Wildman–Crippen LogP) is 6.25. The second-order valence-electron chi connectivity index (χ2n) is 6.73. The monoisotopic (exact) mass is 388 g/mol. The number of ether oxygens (including phenoxy) is 1. The minimum absolute atomic E-state index is 0.00480. The molecule has 0 saturated carbocycles. The van der Waals surface area contributed by atoms with Gasteiger partial charge in [-0.2, -0.15) is 0 Å². The highest BCUT2D eigenvalue weighted by Gasteiger charge is 2.13. The Morgan fingerprint density at radius 2 is 1.62 bits per heavy atom. The molecular formula is C23H20N2O4. The van der Waals surface area contributed by atoms with Crippen molar-refractivity contribution in [1.29, 1.82) is 0 Å². The van der Waals surface area contributed by atoms with Crippen LogP contribution in [0, 0.1) is 10.1 Å². The summed E-state index contributed by atoms with van der Waals surface area (Å²) in [5.41, 5.74) is 3.96. The second-order valence-corrected chi connectivity index (χ2v) is 6.73. The molecule has 4 rings (SSSR count). The van der Waals surface area contributed by atoms with Crippen LogP contribution < -0.4 is 4.74 Å². The molecule has 6 heteroatoms. The zero-order chi connectivity index (χ0) is 20.2. The maximum atomic E-state index is 10.9. The van der Waals surface area contributed by atoms with Gasteiger partial charge in [-0.3, -0.25) is 10.1 Å². The van der Waals surface area contributed by atoms with Crippen molar-refractivity contribution < 1.29 is 14.1 Å². The van der Waals surface area contributed by atoms with Crippen LogP contribution in [0.25, 0.3) is 33.7 Å². The number of aromatic nitrogens is 1. The predicted molar refractivity (Wildman–Crippen MR) is 112 cm³/mol. The quantitative estimate of drug-likeness (QED) is 0.212. The molecule has 0 amide bonds. The standard InChI is InChI=1S/C23H20N2O4/c1-2-3-14-28-20-11-8-17(9-12-20)16-4-6-18(7-5-16)23-24-21-15-19(25(26)27)10-13-22(21)29-23/h4-13,15H,2-3,14H2,1H3. The van der Waals surface area contributed by atoms with Gasteiger partial charge in [0.2, 0.25) is 5.89 Å². The lowest BCUT2D eigenvalue weighted by Gasteiger charge is -2.07. The Labute approximate surface area is 167 Å². The Balaban J connectivity index is 1.53. The molecule has 0 N–H and O–H groups in total. The van der Waals surface area contributed by atoms with Gasteiger partial charge in [-0.25, -0.2) is 4.98 Å². The molecule has 0 fully saturated rings. The Morgan fingerprint density at radius 3 is 2.28 bits per heavy atom. The van der Waals surface area contributed by atoms with E-state index in [9.17, 15) is 10.1 Å². The Hall–Kier alpha value is -3.67. The van der Waals surface area contributed by atoms with Crippen molar-refractivity contribution in [3.8, 4) is 28.3 Å². The van der Waals surface area contributed by atoms with Crippen LogP contribution in [0.5, 0.6) is 5.75 Å². The van der Waals surface area contributed by atoms with Crippen molar-refractivity contribution in [3.63, 3.8) is 0 Å². The average Bonchev–Trinajstić information content (AvgIpc) is 3.18. The molecule has 3 aromatic carbocycles. The summed E-state index contributed by atoms with van der Waals surface area (Å²) in [5.74, 6) is 1.31. The highest BCUT2D eigenvalue weighted by molar-refractivity contribution is 5.79. The van der Waals surface area contributed by atoms with Crippen LogP contribution in [0.4, 0.5) is 5.69 Å². The number of hydrogen-bond donors (Lipinski definition) is 0. The smallest absolute Gasteiger partial charge is 0.271 e. The first-order valence-electron chi connectivity index (χ1n) is 9.52. The van der Waals surface area contributed by atoms with Crippen LogP contribution in [-0.2, 0) is 0 Å². The third kappa shape index (κ3) is 4.11. The second kappa shape index (κ2) is 8.14. The Morgan fingerprint density at radius 1 is 0.966 bits per heavy atom. The van der Waals surface area contributed by atoms with E-state index < -0.39 is 4.92 Å². The molecule has 146 valence electrons. The third-order valence-electron chi connectivity index (χ3n) is 4.67. The van der Waals surface area contributed by atoms with Gasteiger partial charge in [0, 0.05) is 17.7 Å². The molecule has 0 saturated heterocycles. The third-order valence-corrected chi connectivity index (χ3v) is 4.67. The van der Waals surface area contributed by atoms with E-state index in [0.717, 1.165) is 41.9 Å². The van der Waals surface area contributed by atoms with E-state index in [2.05, 4.69) is 11.9 Å². The van der Waals surface area contributed by atoms with Crippen LogP contribution in [-0.4, -0.2) is 16.5 Å². The molecule has 0 unspecified atom stereocenters. The van der Waals surface area contributed by atoms with E-state index in [0.29, 0.717) is 17.0 Å². The number of nitro groups is 1. The first kappa shape index (κ1) is 18.7. The Bertz CT molecular complexity index is 1130. The number of nitro benzene ring substituents is 1. The van der Waals surface area contributed by atoms with Crippen LogP contribution in [0.2, 0.25) is 0 Å². The summed E-state index contributed by atoms with van der Waals surface area (Å²) in [6.07, 6.45) is 2.16. The number of rotatable bonds is 7. The normalized spacial score (nSPS) is 10.9. The van der Waals surface area contributed by atoms with Gasteiger partial charge in [0.25, 0.3) is 5.69 Å². The van der Waals surface area contributed by atoms with Gasteiger partial charge >= 0.3 is 0 Å². The maximum absolute atomic E-state index is 10.9. The molecule has 0 aliphatic carbocycles. The van der Waals surface area contributed by atoms with Crippen LogP contribution in [0.3, 0.4) is 0 Å². The van der Waals surface area contributed by atoms with E-state index in [4.69, 9.17) is 9.15 Å². The summed E-state index contributed by atoms with van der Waals surface area (Å²) < 4.78 is 11.5. The zero-order valence-electron chi connectivity index (χ0n) is 16.0. The summed E-state index contributed by atoms with van der Waals surface area (Å²) in [7, 11) is 0. The van der Waals surface area contributed by atoms with E-state index in [-0.39, 0.29) is 5.69 Å². The number of unbranched alkanes of at least 4 members (excludes halogenated alkanes) is 1. The first-order valence-corrected chi connectivity index (χ1v) is 9.52. The van der Waals surface area contributed by atoms with Gasteiger partial charge in [-0.1, -0.05) is 37.6 Å². The largest absolute Gasteiger partial charge is 0.494 e. The zero-order valence-corrected chi connectivity index (χ0v) is 16.0. The van der Waals surface area contributed by atoms with E-state index in [1.54, 1.807) is 6.07 Å². The highest BCUT2D eigenvalue weighted by atomic mass is 16.6. The molecule has 0 aliphatic heterocycles. The number of hydrogen-bond acceptors (Lipinski definition) is 5. The molecule has 0 aliphatic rings. The molecule has 1 aromatic heterocycles. The van der Waals surface area contributed by atoms with Gasteiger partial charge < -0.3 is 9.15 Å². The number of non-ortho nitro benzene ring substituents is 1. The molecule has 0 radical (unpaired) electrons. The van der Waals surface area contributed by atoms with Crippen molar-refractivity contribution in [2.45, 2.75) is 19.8 Å². The fourth-order valence-corrected chi connectivity index (χ4v) is 3.04. The number of oxazole rings is 1. The van der Waals surface area contributed by atoms with Gasteiger partial charge in [0.15, 0.2) is 5.58 Å². The summed E-state index contributed by atoms with van der Waals surface area (Å²) in [6.45, 7) is 2.87. The molecule has 6 nitrogen and oxygen atoms in total. The first-order chi connectivity index (χ1) is 14.1. The number of nitrogens with zero attached hydrogens (tertiary/aromatic N) is 2. The van der Waals surface area contributed by atoms with Gasteiger partial charge in [0.1, 0.15) is 11.3 Å². The molecule has 0 bridgehead atoms. The lowest BCUT2D eigenvalue weighted by atomic mass is 10.0. The van der Waals surface area contributed by atoms with Gasteiger partial charge in [-0.15, -0.1) is 0 Å². The van der Waals surface area contributed by atoms with Gasteiger partial charge in [0.05, 0.1) is 11.5 Å². The molecular weight excluding hydrogens is 368 g/mol. The van der Waals surface area contributed by atoms with Crippen molar-refractivity contribution in [1.82, 2.24) is 4.98 Å². The summed E-state index contributed by atoms with van der Waals surface area (Å²) in [5, 5.41) is 10.9. The average molecular weight is 388 g/mol. The summed E-state index contributed by atoms with van der Waals surface area (Å²) >= 11 is 0. The van der Waals surface area contributed by atoms with Crippen molar-refractivity contribution in [3.05, 3.63) is 76.8 Å². The van der Waals surface area contributed by atoms with Crippen LogP contribution in [0.1, 0.15) is 19.8 Å². The Kier molecular flexibility index (Phi) is 5.24. The minimum Gasteiger partial charge on any atom is -0.494 e. The molecule has 1 heterocycles. The molecule has 4 aromatic rings. The SMILES string of the molecule is CCCCOc1ccc(-c2ccc(-c3nc4cc([N+](=O)[O-])ccc4o3)cc2)cc1. The minimum atomic E-state index is -0.442. The number of fused-ring (bicyclic) bond motifs is 1. The molecule has 0 atom stereocenters. The highest BCUT2D eigenvalue weighted by Crippen LogP contribution is 2.29. The van der Waals surface area contributed by atoms with E-state index in [1.165, 1.54) is 12.1 Å². The summed E-state index contributed by atoms with van der Waals surface area (Å²) in [4.78, 5) is 14.9. The fourth-order valence-electron chi connectivity index (χ4n) is 3.04. The lowest BCUT2D eigenvalue weighted by Crippen LogP contribution is -1.95. The molecule has 0 spiro atoms. The van der Waals surface area contributed by atoms with E-state index >= 15 is 0 Å². The van der Waals surface area contributed by atoms with Crippen molar-refractivity contribution in [2.75, 3.05) is 6.61 Å². The molecule has 29 heavy (non-hydrogen) atoms.